The van der Waals surface area contributed by atoms with Gasteiger partial charge in [-0.1, -0.05) is 25.7 Å². The summed E-state index contributed by atoms with van der Waals surface area (Å²) in [4.78, 5) is 10.9. The molecule has 79 valence electrons. The van der Waals surface area contributed by atoms with Crippen molar-refractivity contribution in [2.24, 2.45) is 0 Å². The van der Waals surface area contributed by atoms with E-state index in [1.54, 1.807) is 13.5 Å². The van der Waals surface area contributed by atoms with Gasteiger partial charge in [0.2, 0.25) is 0 Å². The zero-order valence-electron chi connectivity index (χ0n) is 8.86. The summed E-state index contributed by atoms with van der Waals surface area (Å²) in [7, 11) is 1.60. The first-order chi connectivity index (χ1) is 6.31. The molecule has 0 amide bonds. The fraction of sp³-hybridized carbons (Fsp3) is 0.600. The van der Waals surface area contributed by atoms with Crippen LogP contribution in [0, 0.1) is 6.42 Å². The van der Waals surface area contributed by atoms with E-state index >= 15 is 0 Å². The molecular weight excluding hydrogens is 257 g/mol. The Bertz CT molecular complexity index is 157. The van der Waals surface area contributed by atoms with Gasteiger partial charge in [-0.2, -0.15) is 0 Å². The normalized spacial score (nSPS) is 9.86. The van der Waals surface area contributed by atoms with Gasteiger partial charge in [-0.15, -0.1) is 0 Å². The summed E-state index contributed by atoms with van der Waals surface area (Å²) in [5.74, 6) is -0.197. The molecule has 0 atom stereocenters. The van der Waals surface area contributed by atoms with Crippen molar-refractivity contribution in [2.45, 2.75) is 19.8 Å². The number of esters is 1. The van der Waals surface area contributed by atoms with E-state index in [-0.39, 0.29) is 38.7 Å². The molecule has 14 heavy (non-hydrogen) atoms. The first kappa shape index (κ1) is 16.7. The second kappa shape index (κ2) is 13.3. The standard InChI is InChI=1S/C10H17O3.Y/c1-3-4-5-7-10(11)13-9-6-8-12-2;/h4-6H,3,7-9H2,1-2H3;/q-1;. The molecule has 0 aromatic heterocycles. The molecule has 0 unspecified atom stereocenters. The van der Waals surface area contributed by atoms with Crippen LogP contribution in [-0.4, -0.2) is 26.3 Å². The van der Waals surface area contributed by atoms with Gasteiger partial charge in [0.15, 0.2) is 0 Å². The molecule has 0 spiro atoms. The monoisotopic (exact) mass is 274 g/mol. The van der Waals surface area contributed by atoms with Crippen LogP contribution in [-0.2, 0) is 47.0 Å². The Kier molecular flexibility index (Phi) is 15.8. The van der Waals surface area contributed by atoms with Gasteiger partial charge < -0.3 is 9.47 Å². The van der Waals surface area contributed by atoms with Gasteiger partial charge in [-0.05, 0) is 13.0 Å². The van der Waals surface area contributed by atoms with Crippen LogP contribution in [0.5, 0.6) is 0 Å². The zero-order valence-corrected chi connectivity index (χ0v) is 11.7. The molecule has 0 saturated carbocycles. The van der Waals surface area contributed by atoms with Crippen LogP contribution in [0.2, 0.25) is 0 Å². The number of hydrogen-bond donors (Lipinski definition) is 0. The maximum Gasteiger partial charge on any atom is 0.307 e. The van der Waals surface area contributed by atoms with Crippen molar-refractivity contribution < 1.29 is 47.0 Å². The molecule has 0 aromatic rings. The van der Waals surface area contributed by atoms with E-state index in [1.807, 2.05) is 19.1 Å². The third-order valence-corrected chi connectivity index (χ3v) is 1.33. The van der Waals surface area contributed by atoms with Crippen LogP contribution in [0.25, 0.3) is 0 Å². The summed E-state index contributed by atoms with van der Waals surface area (Å²) in [5, 5.41) is 0. The van der Waals surface area contributed by atoms with Gasteiger partial charge in [-0.3, -0.25) is 11.2 Å². The van der Waals surface area contributed by atoms with E-state index in [0.717, 1.165) is 6.42 Å². The summed E-state index contributed by atoms with van der Waals surface area (Å²) in [6.45, 7) is 2.86. The molecular formula is C10H17O3Y-. The van der Waals surface area contributed by atoms with Gasteiger partial charge in [0, 0.05) is 39.8 Å². The molecule has 0 aliphatic rings. The Hall–Kier alpha value is 0.274. The van der Waals surface area contributed by atoms with E-state index in [1.165, 1.54) is 0 Å². The van der Waals surface area contributed by atoms with Crippen molar-refractivity contribution in [3.63, 3.8) is 0 Å². The average molecular weight is 274 g/mol. The number of rotatable bonds is 7. The molecule has 3 nitrogen and oxygen atoms in total. The summed E-state index contributed by atoms with van der Waals surface area (Å²) >= 11 is 0. The van der Waals surface area contributed by atoms with Crippen molar-refractivity contribution in [1.82, 2.24) is 0 Å². The largest absolute Gasteiger partial charge is 0.498 e. The smallest absolute Gasteiger partial charge is 0.307 e. The summed E-state index contributed by atoms with van der Waals surface area (Å²) in [6.07, 6.45) is 6.83. The van der Waals surface area contributed by atoms with Crippen molar-refractivity contribution >= 4 is 5.97 Å². The first-order valence-corrected chi connectivity index (χ1v) is 4.42. The molecule has 0 fully saturated rings. The zero-order chi connectivity index (χ0) is 9.94. The van der Waals surface area contributed by atoms with E-state index < -0.39 is 0 Å². The van der Waals surface area contributed by atoms with Gasteiger partial charge in [-0.25, -0.2) is 0 Å². The fourth-order valence-electron chi connectivity index (χ4n) is 0.723. The van der Waals surface area contributed by atoms with Gasteiger partial charge in [0.05, 0.1) is 6.42 Å². The number of ether oxygens (including phenoxy) is 2. The van der Waals surface area contributed by atoms with Crippen molar-refractivity contribution in [3.8, 4) is 0 Å². The van der Waals surface area contributed by atoms with E-state index in [4.69, 9.17) is 9.47 Å². The minimum absolute atomic E-state index is 0. The number of carbonyl (C=O) groups is 1. The summed E-state index contributed by atoms with van der Waals surface area (Å²) in [6, 6.07) is 0. The van der Waals surface area contributed by atoms with Crippen molar-refractivity contribution in [2.75, 3.05) is 20.3 Å². The Morgan fingerprint density at radius 2 is 2.07 bits per heavy atom. The fourth-order valence-corrected chi connectivity index (χ4v) is 0.723. The van der Waals surface area contributed by atoms with Crippen LogP contribution in [0.1, 0.15) is 19.8 Å². The minimum Gasteiger partial charge on any atom is -0.498 e. The van der Waals surface area contributed by atoms with Gasteiger partial charge >= 0.3 is 5.97 Å². The van der Waals surface area contributed by atoms with Gasteiger partial charge in [0.1, 0.15) is 0 Å². The maximum atomic E-state index is 10.9. The number of hydrogen-bond acceptors (Lipinski definition) is 3. The molecule has 0 bridgehead atoms. The summed E-state index contributed by atoms with van der Waals surface area (Å²) < 4.78 is 9.63. The number of allylic oxidation sites excluding steroid dienone is 1. The number of methoxy groups -OCH3 is 1. The molecule has 0 aliphatic heterocycles. The molecule has 4 heteroatoms. The van der Waals surface area contributed by atoms with Crippen LogP contribution < -0.4 is 0 Å². The Morgan fingerprint density at radius 3 is 2.64 bits per heavy atom. The second-order valence-corrected chi connectivity index (χ2v) is 2.51. The molecule has 0 rings (SSSR count). The molecule has 0 saturated heterocycles. The van der Waals surface area contributed by atoms with Gasteiger partial charge in [0.25, 0.3) is 0 Å². The van der Waals surface area contributed by atoms with E-state index in [0.29, 0.717) is 19.6 Å². The Morgan fingerprint density at radius 1 is 1.36 bits per heavy atom. The quantitative estimate of drug-likeness (QED) is 0.307. The maximum absolute atomic E-state index is 10.9. The van der Waals surface area contributed by atoms with Crippen molar-refractivity contribution in [3.05, 3.63) is 18.6 Å². The first-order valence-electron chi connectivity index (χ1n) is 4.42. The van der Waals surface area contributed by atoms with E-state index in [2.05, 4.69) is 0 Å². The number of carbonyl (C=O) groups excluding carboxylic acids is 1. The van der Waals surface area contributed by atoms with Crippen LogP contribution in [0.4, 0.5) is 0 Å². The topological polar surface area (TPSA) is 35.5 Å². The third kappa shape index (κ3) is 12.3. The third-order valence-electron chi connectivity index (χ3n) is 1.33. The molecule has 0 aliphatic carbocycles. The Labute approximate surface area is 111 Å². The predicted molar refractivity (Wildman–Crippen MR) is 51.2 cm³/mol. The predicted octanol–water partition coefficient (Wildman–Crippen LogP) is 1.73. The molecule has 0 heterocycles. The molecule has 1 radical (unpaired) electrons. The SMILES string of the molecule is CCC=CCC(=O)OC[CH-]COC.[Y]. The second-order valence-electron chi connectivity index (χ2n) is 2.51. The molecule has 0 N–H and O–H groups in total. The van der Waals surface area contributed by atoms with Crippen LogP contribution >= 0.6 is 0 Å². The Balaban J connectivity index is 0. The average Bonchev–Trinajstić information content (AvgIpc) is 2.13. The molecule has 0 aromatic carbocycles. The van der Waals surface area contributed by atoms with E-state index in [9.17, 15) is 4.79 Å². The minimum atomic E-state index is -0.197. The van der Waals surface area contributed by atoms with Crippen LogP contribution in [0.3, 0.4) is 0 Å². The summed E-state index contributed by atoms with van der Waals surface area (Å²) in [5.41, 5.74) is 0. The van der Waals surface area contributed by atoms with Crippen molar-refractivity contribution in [1.29, 1.82) is 0 Å². The van der Waals surface area contributed by atoms with Crippen LogP contribution in [0.15, 0.2) is 12.2 Å².